The van der Waals surface area contributed by atoms with Gasteiger partial charge in [-0.2, -0.15) is 0 Å². The maximum absolute atomic E-state index is 9.47. The van der Waals surface area contributed by atoms with Crippen LogP contribution in [0.3, 0.4) is 0 Å². The van der Waals surface area contributed by atoms with Crippen LogP contribution in [-0.2, 0) is 0 Å². The molecule has 0 saturated carbocycles. The van der Waals surface area contributed by atoms with E-state index in [-0.39, 0.29) is 57.0 Å². The van der Waals surface area contributed by atoms with Crippen molar-refractivity contribution >= 4 is 56.0 Å². The van der Waals surface area contributed by atoms with Gasteiger partial charge in [0, 0.05) is 16.3 Å². The first-order valence-electron chi connectivity index (χ1n) is 21.2. The Morgan fingerprint density at radius 1 is 0.689 bits per heavy atom. The third-order valence-electron chi connectivity index (χ3n) is 8.32. The van der Waals surface area contributed by atoms with E-state index in [1.165, 1.54) is 0 Å². The lowest BCUT2D eigenvalue weighted by Crippen LogP contribution is -2.01. The second-order valence-electron chi connectivity index (χ2n) is 10.7. The Morgan fingerprint density at radius 3 is 2.18 bits per heavy atom. The average Bonchev–Trinajstić information content (AvgIpc) is 3.64. The fraction of sp³-hybridized carbons (Fsp3) is 0.0455. The van der Waals surface area contributed by atoms with Crippen molar-refractivity contribution in [1.82, 2.24) is 0 Å². The van der Waals surface area contributed by atoms with Crippen LogP contribution in [0.5, 0.6) is 0 Å². The van der Waals surface area contributed by atoms with E-state index in [1.54, 1.807) is 18.2 Å². The average molecular weight is 590 g/mol. The summed E-state index contributed by atoms with van der Waals surface area (Å²) < 4.78 is 121. The quantitative estimate of drug-likeness (QED) is 0.188. The summed E-state index contributed by atoms with van der Waals surface area (Å²) in [5, 5.41) is 1.28. The van der Waals surface area contributed by atoms with Gasteiger partial charge >= 0.3 is 0 Å². The Hall–Kier alpha value is -5.66. The highest BCUT2D eigenvalue weighted by Crippen LogP contribution is 2.48. The number of hydrogen-bond donors (Lipinski definition) is 0. The summed E-state index contributed by atoms with van der Waals surface area (Å²) in [5.41, 5.74) is 3.85. The molecule has 0 aliphatic heterocycles. The molecule has 1 nitrogen and oxygen atoms in total. The molecule has 214 valence electrons. The molecule has 1 heteroatoms. The molecule has 0 amide bonds. The van der Waals surface area contributed by atoms with E-state index in [2.05, 4.69) is 0 Å². The molecule has 0 radical (unpaired) electrons. The zero-order valence-electron chi connectivity index (χ0n) is 37.0. The van der Waals surface area contributed by atoms with E-state index in [0.29, 0.717) is 33.1 Å². The number of hydrogen-bond acceptors (Lipinski definition) is 1. The van der Waals surface area contributed by atoms with E-state index in [0.717, 1.165) is 24.2 Å². The Bertz CT molecular complexity index is 3000. The maximum Gasteiger partial charge on any atom is 0.143 e. The van der Waals surface area contributed by atoms with Crippen molar-refractivity contribution < 1.29 is 22.2 Å². The molecule has 0 fully saturated rings. The van der Waals surface area contributed by atoms with E-state index in [9.17, 15) is 5.48 Å². The molecule has 1 aliphatic rings. The Morgan fingerprint density at radius 2 is 1.38 bits per heavy atom. The predicted molar refractivity (Wildman–Crippen MR) is 194 cm³/mol. The van der Waals surface area contributed by atoms with Gasteiger partial charge in [0.05, 0.1) is 17.8 Å². The standard InChI is InChI=1S/C44H32O/c1-3-33-34(4-2)42(37-23-12-11-22-36(37)41(33)32-21-15-20-31(28-32)29-16-7-5-8-17-29)39-27-26-35(30-18-9-6-10-19-30)44-43(39)38-24-13-14-25-40(38)45-44/h3-14,16-20,22-28H,1-2,15,21H2/i1D,2D,3D,4D,5D,7D,8D,11D,12D,16D,17D,22D,23D. The molecule has 0 saturated heterocycles. The Kier molecular flexibility index (Phi) is 4.06. The van der Waals surface area contributed by atoms with Gasteiger partial charge in [0.1, 0.15) is 11.2 Å². The largest absolute Gasteiger partial charge is 0.455 e. The van der Waals surface area contributed by atoms with Gasteiger partial charge in [-0.15, -0.1) is 0 Å². The minimum atomic E-state index is -0.553. The number of benzene rings is 6. The number of allylic oxidation sites excluding steroid dienone is 4. The van der Waals surface area contributed by atoms with Crippen LogP contribution in [0.4, 0.5) is 0 Å². The first kappa shape index (κ1) is 16.4. The molecule has 0 atom stereocenters. The molecule has 45 heavy (non-hydrogen) atoms. The van der Waals surface area contributed by atoms with Gasteiger partial charge in [0.2, 0.25) is 0 Å². The predicted octanol–water partition coefficient (Wildman–Crippen LogP) is 12.6. The highest BCUT2D eigenvalue weighted by atomic mass is 16.3. The first-order chi connectivity index (χ1) is 27.8. The summed E-state index contributed by atoms with van der Waals surface area (Å²) in [6.07, 6.45) is 3.83. The second-order valence-corrected chi connectivity index (χ2v) is 10.7. The summed E-state index contributed by atoms with van der Waals surface area (Å²) in [6.45, 7) is 1.56. The van der Waals surface area contributed by atoms with Crippen molar-refractivity contribution in [2.24, 2.45) is 0 Å². The van der Waals surface area contributed by atoms with E-state index < -0.39 is 66.5 Å². The first-order valence-corrected chi connectivity index (χ1v) is 14.5. The highest BCUT2D eigenvalue weighted by Gasteiger charge is 2.24. The fourth-order valence-electron chi connectivity index (χ4n) is 6.42. The summed E-state index contributed by atoms with van der Waals surface area (Å²) in [5.74, 6) is 0. The molecule has 0 bridgehead atoms. The van der Waals surface area contributed by atoms with Crippen molar-refractivity contribution in [2.75, 3.05) is 0 Å². The van der Waals surface area contributed by atoms with Gasteiger partial charge < -0.3 is 4.42 Å². The highest BCUT2D eigenvalue weighted by molar-refractivity contribution is 6.21. The molecule has 8 rings (SSSR count). The molecule has 0 unspecified atom stereocenters. The lowest BCUT2D eigenvalue weighted by Gasteiger charge is -2.24. The molecule has 1 aromatic heterocycles. The van der Waals surface area contributed by atoms with Crippen LogP contribution in [0.15, 0.2) is 151 Å². The van der Waals surface area contributed by atoms with Crippen LogP contribution < -0.4 is 0 Å². The third-order valence-corrected chi connectivity index (χ3v) is 8.32. The van der Waals surface area contributed by atoms with Gasteiger partial charge in [-0.1, -0.05) is 146 Å². The topological polar surface area (TPSA) is 13.1 Å². The fourth-order valence-corrected chi connectivity index (χ4v) is 6.42. The van der Waals surface area contributed by atoms with Crippen molar-refractivity contribution in [2.45, 2.75) is 12.8 Å². The lowest BCUT2D eigenvalue weighted by atomic mass is 9.80. The van der Waals surface area contributed by atoms with Gasteiger partial charge in [-0.25, -0.2) is 0 Å². The molecular formula is C44H32O. The number of furan rings is 1. The zero-order valence-corrected chi connectivity index (χ0v) is 24.0. The Balaban J connectivity index is 1.59. The van der Waals surface area contributed by atoms with Gasteiger partial charge in [0.25, 0.3) is 0 Å². The minimum Gasteiger partial charge on any atom is -0.455 e. The summed E-state index contributed by atoms with van der Waals surface area (Å²) in [7, 11) is 0. The molecular weight excluding hydrogens is 544 g/mol. The number of rotatable bonds is 6. The van der Waals surface area contributed by atoms with E-state index in [1.807, 2.05) is 60.7 Å². The van der Waals surface area contributed by atoms with Gasteiger partial charge in [-0.05, 0) is 85.8 Å². The van der Waals surface area contributed by atoms with Crippen LogP contribution >= 0.6 is 0 Å². The van der Waals surface area contributed by atoms with Crippen LogP contribution in [0.25, 0.3) is 78.2 Å². The Labute approximate surface area is 282 Å². The molecule has 0 spiro atoms. The second kappa shape index (κ2) is 11.1. The monoisotopic (exact) mass is 589 g/mol. The van der Waals surface area contributed by atoms with Gasteiger partial charge in [0.15, 0.2) is 0 Å². The van der Waals surface area contributed by atoms with Crippen LogP contribution in [0, 0.1) is 0 Å². The smallest absolute Gasteiger partial charge is 0.143 e. The third kappa shape index (κ3) is 4.39. The normalized spacial score (nSPS) is 18.2. The van der Waals surface area contributed by atoms with E-state index in [4.69, 9.17) is 16.8 Å². The zero-order chi connectivity index (χ0) is 41.3. The van der Waals surface area contributed by atoms with Crippen molar-refractivity contribution in [1.29, 1.82) is 0 Å². The summed E-state index contributed by atoms with van der Waals surface area (Å²) in [6, 6.07) is 15.4. The van der Waals surface area contributed by atoms with Crippen molar-refractivity contribution in [3.8, 4) is 22.3 Å². The minimum absolute atomic E-state index is 0.00535. The molecule has 7 aromatic rings. The molecule has 6 aromatic carbocycles. The number of fused-ring (bicyclic) bond motifs is 4. The molecule has 1 heterocycles. The maximum atomic E-state index is 9.47. The van der Waals surface area contributed by atoms with Crippen LogP contribution in [-0.4, -0.2) is 0 Å². The summed E-state index contributed by atoms with van der Waals surface area (Å²) in [4.78, 5) is 0. The van der Waals surface area contributed by atoms with Gasteiger partial charge in [-0.3, -0.25) is 0 Å². The molecule has 1 aliphatic carbocycles. The van der Waals surface area contributed by atoms with Crippen molar-refractivity contribution in [3.63, 3.8) is 0 Å². The van der Waals surface area contributed by atoms with Crippen LogP contribution in [0.1, 0.15) is 52.9 Å². The van der Waals surface area contributed by atoms with E-state index >= 15 is 0 Å². The van der Waals surface area contributed by atoms with Crippen LogP contribution in [0.2, 0.25) is 0 Å². The van der Waals surface area contributed by atoms with Crippen molar-refractivity contribution in [3.05, 3.63) is 169 Å². The number of para-hydroxylation sites is 1. The lowest BCUT2D eigenvalue weighted by molar-refractivity contribution is 0.670. The summed E-state index contributed by atoms with van der Waals surface area (Å²) >= 11 is 0. The molecule has 0 N–H and O–H groups in total. The SMILES string of the molecule is [2H]C=C([2H])c1c(C([2H])=C[2H])c(-c2ccc(-c3ccccc3)c3oc4ccccc4c23)c2c([2H])c([2H])c([2H])c([2H])c2c1C1=CC(c2c([2H])c([2H])c([2H])c([2H])c2[2H])=CCC1.